The minimum absolute atomic E-state index is 0.273. The van der Waals surface area contributed by atoms with Crippen molar-refractivity contribution in [2.24, 2.45) is 35.0 Å². The van der Waals surface area contributed by atoms with Crippen molar-refractivity contribution in [3.05, 3.63) is 0 Å². The van der Waals surface area contributed by atoms with Gasteiger partial charge in [-0.1, -0.05) is 27.7 Å². The molecular formula is C16H26O4. The molecule has 0 spiro atoms. The van der Waals surface area contributed by atoms with E-state index < -0.39 is 17.4 Å². The van der Waals surface area contributed by atoms with Crippen LogP contribution < -0.4 is 0 Å². The average Bonchev–Trinajstić information content (AvgIpc) is 2.41. The number of hydrogen-bond acceptors (Lipinski definition) is 4. The Morgan fingerprint density at radius 2 is 1.55 bits per heavy atom. The molecule has 0 aromatic heterocycles. The Kier molecular flexibility index (Phi) is 4.12. The van der Waals surface area contributed by atoms with Gasteiger partial charge >= 0.3 is 11.9 Å². The van der Waals surface area contributed by atoms with Crippen LogP contribution in [-0.2, 0) is 19.4 Å². The molecule has 0 saturated heterocycles. The number of hydrogen-bond donors (Lipinski definition) is 0. The lowest BCUT2D eigenvalue weighted by molar-refractivity contribution is -0.276. The fourth-order valence-corrected chi connectivity index (χ4v) is 3.85. The molecule has 0 amide bonds. The molecule has 4 atom stereocenters. The second-order valence-electron chi connectivity index (χ2n) is 7.20. The monoisotopic (exact) mass is 282 g/mol. The molecule has 4 heteroatoms. The van der Waals surface area contributed by atoms with Gasteiger partial charge < -0.3 is 0 Å². The Morgan fingerprint density at radius 3 is 2.00 bits per heavy atom. The molecule has 2 aliphatic carbocycles. The maximum Gasteiger partial charge on any atom is 0.361 e. The molecule has 114 valence electrons. The fourth-order valence-electron chi connectivity index (χ4n) is 3.85. The Labute approximate surface area is 121 Å². The molecule has 4 unspecified atom stereocenters. The van der Waals surface area contributed by atoms with Crippen molar-refractivity contribution >= 4 is 11.9 Å². The topological polar surface area (TPSA) is 52.6 Å². The quantitative estimate of drug-likeness (QED) is 0.588. The lowest BCUT2D eigenvalue weighted by Gasteiger charge is -2.48. The first-order valence-corrected chi connectivity index (χ1v) is 7.68. The smallest absolute Gasteiger partial charge is 0.247 e. The molecule has 2 rings (SSSR count). The molecular weight excluding hydrogens is 256 g/mol. The highest BCUT2D eigenvalue weighted by atomic mass is 17.2. The minimum atomic E-state index is -0.517. The van der Waals surface area contributed by atoms with E-state index in [2.05, 4.69) is 13.8 Å². The van der Waals surface area contributed by atoms with E-state index in [4.69, 9.17) is 9.78 Å². The second kappa shape index (κ2) is 5.38. The van der Waals surface area contributed by atoms with Gasteiger partial charge in [0.05, 0.1) is 11.8 Å². The first-order chi connectivity index (χ1) is 9.26. The summed E-state index contributed by atoms with van der Waals surface area (Å²) >= 11 is 0. The summed E-state index contributed by atoms with van der Waals surface area (Å²) in [5, 5.41) is 0. The second-order valence-corrected chi connectivity index (χ2v) is 7.20. The van der Waals surface area contributed by atoms with Crippen molar-refractivity contribution in [3.8, 4) is 0 Å². The van der Waals surface area contributed by atoms with Gasteiger partial charge in [-0.2, -0.15) is 0 Å². The van der Waals surface area contributed by atoms with Gasteiger partial charge in [0.25, 0.3) is 0 Å². The molecule has 0 heterocycles. The van der Waals surface area contributed by atoms with Crippen LogP contribution in [0.15, 0.2) is 0 Å². The predicted octanol–water partition coefficient (Wildman–Crippen LogP) is 3.35. The van der Waals surface area contributed by atoms with E-state index in [1.165, 1.54) is 0 Å². The zero-order valence-corrected chi connectivity index (χ0v) is 13.1. The first kappa shape index (κ1) is 15.3. The van der Waals surface area contributed by atoms with E-state index in [1.807, 2.05) is 20.8 Å². The van der Waals surface area contributed by atoms with Crippen molar-refractivity contribution in [2.45, 2.75) is 53.9 Å². The van der Waals surface area contributed by atoms with Gasteiger partial charge in [-0.25, -0.2) is 19.4 Å². The van der Waals surface area contributed by atoms with Crippen molar-refractivity contribution in [1.82, 2.24) is 0 Å². The molecule has 0 bridgehead atoms. The normalized spacial score (nSPS) is 43.1. The summed E-state index contributed by atoms with van der Waals surface area (Å²) in [5.74, 6) is 1.18. The van der Waals surface area contributed by atoms with Crippen molar-refractivity contribution in [3.63, 3.8) is 0 Å². The van der Waals surface area contributed by atoms with Gasteiger partial charge in [0.2, 0.25) is 0 Å². The van der Waals surface area contributed by atoms with Gasteiger partial charge in [0.15, 0.2) is 0 Å². The van der Waals surface area contributed by atoms with E-state index in [9.17, 15) is 9.59 Å². The molecule has 2 aliphatic rings. The summed E-state index contributed by atoms with van der Waals surface area (Å²) in [4.78, 5) is 33.3. The number of rotatable bonds is 3. The lowest BCUT2D eigenvalue weighted by atomic mass is 9.55. The summed E-state index contributed by atoms with van der Waals surface area (Å²) in [6.07, 6.45) is 2.51. The van der Waals surface area contributed by atoms with Gasteiger partial charge in [-0.05, 0) is 49.4 Å². The summed E-state index contributed by atoms with van der Waals surface area (Å²) in [6.45, 7) is 10.2. The van der Waals surface area contributed by atoms with E-state index in [0.717, 1.165) is 12.8 Å². The minimum Gasteiger partial charge on any atom is -0.247 e. The number of carbonyl (C=O) groups excluding carboxylic acids is 2. The van der Waals surface area contributed by atoms with Crippen LogP contribution >= 0.6 is 0 Å². The molecule has 2 saturated carbocycles. The van der Waals surface area contributed by atoms with Gasteiger partial charge in [-0.3, -0.25) is 0 Å². The van der Waals surface area contributed by atoms with Gasteiger partial charge in [0, 0.05) is 0 Å². The first-order valence-electron chi connectivity index (χ1n) is 7.68. The average molecular weight is 282 g/mol. The molecule has 2 fully saturated rings. The van der Waals surface area contributed by atoms with E-state index in [-0.39, 0.29) is 11.8 Å². The van der Waals surface area contributed by atoms with Crippen LogP contribution in [-0.4, -0.2) is 11.9 Å². The fraction of sp³-hybridized carbons (Fsp3) is 0.875. The maximum atomic E-state index is 12.1. The van der Waals surface area contributed by atoms with E-state index in [1.54, 1.807) is 0 Å². The summed E-state index contributed by atoms with van der Waals surface area (Å²) in [6, 6.07) is 0. The highest BCUT2D eigenvalue weighted by molar-refractivity contribution is 5.79. The van der Waals surface area contributed by atoms with Crippen LogP contribution in [0.2, 0.25) is 0 Å². The van der Waals surface area contributed by atoms with Crippen LogP contribution in [0.25, 0.3) is 0 Å². The zero-order chi connectivity index (χ0) is 15.1. The summed E-state index contributed by atoms with van der Waals surface area (Å²) < 4.78 is 0. The third-order valence-electron chi connectivity index (χ3n) is 6.01. The number of carbonyl (C=O) groups is 2. The third-order valence-corrected chi connectivity index (χ3v) is 6.01. The Balaban J connectivity index is 1.77. The van der Waals surface area contributed by atoms with Crippen molar-refractivity contribution < 1.29 is 19.4 Å². The van der Waals surface area contributed by atoms with Crippen LogP contribution in [0.4, 0.5) is 0 Å². The zero-order valence-electron chi connectivity index (χ0n) is 13.1. The maximum absolute atomic E-state index is 12.1. The Bertz CT molecular complexity index is 387. The lowest BCUT2D eigenvalue weighted by Crippen LogP contribution is -2.51. The Morgan fingerprint density at radius 1 is 1.00 bits per heavy atom. The molecule has 4 nitrogen and oxygen atoms in total. The molecule has 0 radical (unpaired) electrons. The van der Waals surface area contributed by atoms with Crippen LogP contribution in [0, 0.1) is 35.0 Å². The summed E-state index contributed by atoms with van der Waals surface area (Å²) in [5.41, 5.74) is -0.517. The van der Waals surface area contributed by atoms with Crippen molar-refractivity contribution in [1.29, 1.82) is 0 Å². The predicted molar refractivity (Wildman–Crippen MR) is 74.3 cm³/mol. The Hall–Kier alpha value is -1.06. The standard InChI is InChI=1S/C16H26O4/c1-9-6-10(2)13(9)8-14(17)19-20-15(18)16(5)11(3)7-12(16)4/h9-13H,6-8H2,1-5H3. The SMILES string of the molecule is CC1CC(C)C1CC(=O)OOC(=O)C1(C)C(C)CC1C. The van der Waals surface area contributed by atoms with Gasteiger partial charge in [-0.15, -0.1) is 0 Å². The van der Waals surface area contributed by atoms with Gasteiger partial charge in [0.1, 0.15) is 0 Å². The van der Waals surface area contributed by atoms with Crippen LogP contribution in [0.3, 0.4) is 0 Å². The highest BCUT2D eigenvalue weighted by Crippen LogP contribution is 2.51. The van der Waals surface area contributed by atoms with E-state index >= 15 is 0 Å². The molecule has 0 aliphatic heterocycles. The van der Waals surface area contributed by atoms with Crippen molar-refractivity contribution in [2.75, 3.05) is 0 Å². The highest BCUT2D eigenvalue weighted by Gasteiger charge is 2.54. The molecule has 20 heavy (non-hydrogen) atoms. The third kappa shape index (κ3) is 2.45. The molecule has 0 N–H and O–H groups in total. The molecule has 0 aromatic rings. The summed E-state index contributed by atoms with van der Waals surface area (Å²) in [7, 11) is 0. The largest absolute Gasteiger partial charge is 0.361 e. The van der Waals surface area contributed by atoms with Crippen LogP contribution in [0.1, 0.15) is 53.9 Å². The molecule has 0 aromatic carbocycles. The van der Waals surface area contributed by atoms with Crippen LogP contribution in [0.5, 0.6) is 0 Å². The van der Waals surface area contributed by atoms with E-state index in [0.29, 0.717) is 24.2 Å².